The molecule has 1 fully saturated rings. The van der Waals surface area contributed by atoms with Crippen LogP contribution in [0.1, 0.15) is 12.6 Å². The third kappa shape index (κ3) is 2.26. The van der Waals surface area contributed by atoms with Gasteiger partial charge in [0.05, 0.1) is 32.2 Å². The van der Waals surface area contributed by atoms with Crippen molar-refractivity contribution >= 4 is 17.1 Å². The Morgan fingerprint density at radius 2 is 2.45 bits per heavy atom. The number of hydrogen-bond acceptors (Lipinski definition) is 8. The molecule has 3 N–H and O–H groups in total. The summed E-state index contributed by atoms with van der Waals surface area (Å²) in [5, 5.41) is 13.0. The predicted octanol–water partition coefficient (Wildman–Crippen LogP) is 0.376. The van der Waals surface area contributed by atoms with Crippen LogP contribution in [-0.2, 0) is 4.74 Å². The zero-order valence-corrected chi connectivity index (χ0v) is 11.7. The van der Waals surface area contributed by atoms with Crippen molar-refractivity contribution in [3.63, 3.8) is 0 Å². The number of azide groups is 1. The molecule has 0 spiro atoms. The van der Waals surface area contributed by atoms with Crippen LogP contribution in [0, 0.1) is 0 Å². The van der Waals surface area contributed by atoms with E-state index in [-0.39, 0.29) is 18.4 Å². The van der Waals surface area contributed by atoms with Gasteiger partial charge in [0.2, 0.25) is 11.8 Å². The molecular weight excluding hydrogens is 292 g/mol. The summed E-state index contributed by atoms with van der Waals surface area (Å²) in [6, 6.07) is -0.460. The van der Waals surface area contributed by atoms with Crippen LogP contribution in [0.25, 0.3) is 21.6 Å². The van der Waals surface area contributed by atoms with Crippen LogP contribution < -0.4 is 10.5 Å². The Morgan fingerprint density at radius 1 is 1.64 bits per heavy atom. The Labute approximate surface area is 124 Å². The number of nitrogens with two attached hydrogens (primary N) is 1. The zero-order valence-electron chi connectivity index (χ0n) is 11.7. The highest BCUT2D eigenvalue weighted by molar-refractivity contribution is 5.77. The fourth-order valence-electron chi connectivity index (χ4n) is 2.50. The van der Waals surface area contributed by atoms with Gasteiger partial charge >= 0.3 is 0 Å². The van der Waals surface area contributed by atoms with E-state index in [1.54, 1.807) is 4.57 Å². The molecule has 0 saturated carbocycles. The first kappa shape index (κ1) is 14.3. The highest BCUT2D eigenvalue weighted by Crippen LogP contribution is 2.33. The number of methoxy groups -OCH3 is 1. The molecule has 1 aliphatic heterocycles. The minimum absolute atomic E-state index is 0.0504. The molecule has 0 radical (unpaired) electrons. The Hall–Kier alpha value is -2.62. The van der Waals surface area contributed by atoms with Crippen molar-refractivity contribution in [3.05, 3.63) is 16.8 Å². The van der Waals surface area contributed by atoms with Crippen molar-refractivity contribution < 1.29 is 14.6 Å². The number of ether oxygens (including phenoxy) is 2. The molecule has 0 amide bonds. The molecule has 0 bridgehead atoms. The van der Waals surface area contributed by atoms with Crippen LogP contribution in [0.2, 0.25) is 0 Å². The molecule has 2 aromatic heterocycles. The monoisotopic (exact) mass is 306 g/mol. The molecule has 3 heterocycles. The number of imidazole rings is 1. The minimum Gasteiger partial charge on any atom is -0.479 e. The maximum absolute atomic E-state index is 9.32. The average molecular weight is 306 g/mol. The number of hydrogen-bond donors (Lipinski definition) is 2. The SMILES string of the molecule is COc1nc(N)nc2c1ncn2[C@H]1C[C@H](N=[N+]=[N-])[C@@H](CO)O1. The molecule has 2 aromatic rings. The highest BCUT2D eigenvalue weighted by atomic mass is 16.5. The largest absolute Gasteiger partial charge is 0.479 e. The Bertz CT molecular complexity index is 740. The number of nitrogen functional groups attached to an aromatic ring is 1. The molecular formula is C11H14N8O3. The van der Waals surface area contributed by atoms with Crippen molar-refractivity contribution in [2.45, 2.75) is 24.8 Å². The summed E-state index contributed by atoms with van der Waals surface area (Å²) in [4.78, 5) is 15.1. The molecule has 3 rings (SSSR count). The molecule has 11 nitrogen and oxygen atoms in total. The van der Waals surface area contributed by atoms with Gasteiger partial charge in [-0.3, -0.25) is 4.57 Å². The highest BCUT2D eigenvalue weighted by Gasteiger charge is 2.36. The van der Waals surface area contributed by atoms with Crippen molar-refractivity contribution in [3.8, 4) is 5.88 Å². The van der Waals surface area contributed by atoms with Crippen molar-refractivity contribution in [1.29, 1.82) is 0 Å². The van der Waals surface area contributed by atoms with Crippen LogP contribution >= 0.6 is 0 Å². The third-order valence-electron chi connectivity index (χ3n) is 3.49. The third-order valence-corrected chi connectivity index (χ3v) is 3.49. The van der Waals surface area contributed by atoms with Gasteiger partial charge in [0.1, 0.15) is 6.23 Å². The van der Waals surface area contributed by atoms with Gasteiger partial charge in [0, 0.05) is 11.3 Å². The maximum Gasteiger partial charge on any atom is 0.246 e. The van der Waals surface area contributed by atoms with Crippen molar-refractivity contribution in [1.82, 2.24) is 19.5 Å². The molecule has 22 heavy (non-hydrogen) atoms. The van der Waals surface area contributed by atoms with Crippen LogP contribution in [0.15, 0.2) is 11.4 Å². The first-order valence-corrected chi connectivity index (χ1v) is 6.52. The lowest BCUT2D eigenvalue weighted by Crippen LogP contribution is -2.22. The normalized spacial score (nSPS) is 24.4. The van der Waals surface area contributed by atoms with Gasteiger partial charge in [-0.15, -0.1) is 0 Å². The summed E-state index contributed by atoms with van der Waals surface area (Å²) in [7, 11) is 1.46. The molecule has 0 aromatic carbocycles. The number of fused-ring (bicyclic) bond motifs is 1. The number of aliphatic hydroxyl groups excluding tert-OH is 1. The quantitative estimate of drug-likeness (QED) is 0.469. The Kier molecular flexibility index (Phi) is 3.67. The van der Waals surface area contributed by atoms with Crippen LogP contribution in [-0.4, -0.2) is 50.5 Å². The topological polar surface area (TPSA) is 157 Å². The predicted molar refractivity (Wildman–Crippen MR) is 74.8 cm³/mol. The first-order chi connectivity index (χ1) is 10.7. The molecule has 0 aliphatic carbocycles. The average Bonchev–Trinajstić information content (AvgIpc) is 3.10. The minimum atomic E-state index is -0.570. The first-order valence-electron chi connectivity index (χ1n) is 6.52. The van der Waals surface area contributed by atoms with Crippen LogP contribution in [0.5, 0.6) is 5.88 Å². The van der Waals surface area contributed by atoms with E-state index < -0.39 is 18.4 Å². The van der Waals surface area contributed by atoms with Gasteiger partial charge in [-0.05, 0) is 5.53 Å². The summed E-state index contributed by atoms with van der Waals surface area (Å²) in [5.74, 6) is 0.318. The van der Waals surface area contributed by atoms with Gasteiger partial charge in [0.25, 0.3) is 0 Å². The molecule has 1 aliphatic rings. The number of anilines is 1. The molecule has 3 atom stereocenters. The summed E-state index contributed by atoms with van der Waals surface area (Å²) in [6.07, 6.45) is 0.877. The zero-order chi connectivity index (χ0) is 15.7. The fraction of sp³-hybridized carbons (Fsp3) is 0.545. The van der Waals surface area contributed by atoms with Crippen molar-refractivity contribution in [2.75, 3.05) is 19.5 Å². The lowest BCUT2D eigenvalue weighted by Gasteiger charge is -2.14. The van der Waals surface area contributed by atoms with Gasteiger partial charge in [-0.25, -0.2) is 4.98 Å². The van der Waals surface area contributed by atoms with Crippen molar-refractivity contribution in [2.24, 2.45) is 5.11 Å². The Morgan fingerprint density at radius 3 is 3.14 bits per heavy atom. The number of aliphatic hydroxyl groups is 1. The fourth-order valence-corrected chi connectivity index (χ4v) is 2.50. The van der Waals surface area contributed by atoms with E-state index >= 15 is 0 Å². The van der Waals surface area contributed by atoms with Crippen LogP contribution in [0.3, 0.4) is 0 Å². The summed E-state index contributed by atoms with van der Waals surface area (Å²) >= 11 is 0. The van der Waals surface area contributed by atoms with E-state index in [2.05, 4.69) is 25.0 Å². The number of nitrogens with zero attached hydrogens (tertiary/aromatic N) is 7. The summed E-state index contributed by atoms with van der Waals surface area (Å²) < 4.78 is 12.5. The second-order valence-corrected chi connectivity index (χ2v) is 4.73. The second kappa shape index (κ2) is 5.64. The summed E-state index contributed by atoms with van der Waals surface area (Å²) in [5.41, 5.74) is 15.1. The van der Waals surface area contributed by atoms with Gasteiger partial charge < -0.3 is 20.3 Å². The lowest BCUT2D eigenvalue weighted by molar-refractivity contribution is -0.0232. The Balaban J connectivity index is 2.01. The van der Waals surface area contributed by atoms with E-state index in [0.717, 1.165) is 0 Å². The molecule has 0 unspecified atom stereocenters. The van der Waals surface area contributed by atoms with E-state index in [1.165, 1.54) is 13.4 Å². The van der Waals surface area contributed by atoms with E-state index in [9.17, 15) is 5.11 Å². The lowest BCUT2D eigenvalue weighted by atomic mass is 10.1. The number of rotatable bonds is 4. The summed E-state index contributed by atoms with van der Waals surface area (Å²) in [6.45, 7) is -0.243. The van der Waals surface area contributed by atoms with Crippen LogP contribution in [0.4, 0.5) is 5.95 Å². The molecule has 11 heteroatoms. The van der Waals surface area contributed by atoms with E-state index in [1.807, 2.05) is 0 Å². The van der Waals surface area contributed by atoms with Gasteiger partial charge in [-0.1, -0.05) is 5.11 Å². The standard InChI is InChI=1S/C11H14N8O3/c1-21-10-8-9(15-11(12)16-10)19(4-14-8)7-2-5(17-18-13)6(3-20)22-7/h4-7,20H,2-3H2,1H3,(H2,12,15,16)/t5-,6+,7+/m0/s1. The second-order valence-electron chi connectivity index (χ2n) is 4.73. The van der Waals surface area contributed by atoms with E-state index in [4.69, 9.17) is 20.7 Å². The maximum atomic E-state index is 9.32. The number of aromatic nitrogens is 4. The smallest absolute Gasteiger partial charge is 0.246 e. The van der Waals surface area contributed by atoms with Gasteiger partial charge in [-0.2, -0.15) is 9.97 Å². The van der Waals surface area contributed by atoms with Gasteiger partial charge in [0.15, 0.2) is 11.2 Å². The molecule has 1 saturated heterocycles. The molecule has 116 valence electrons. The van der Waals surface area contributed by atoms with E-state index in [0.29, 0.717) is 17.6 Å².